The fraction of sp³-hybridized carbons (Fsp3) is 0.357. The minimum Gasteiger partial charge on any atom is -0.334 e. The van der Waals surface area contributed by atoms with E-state index in [1.165, 1.54) is 42.2 Å². The van der Waals surface area contributed by atoms with Gasteiger partial charge < -0.3 is 4.90 Å². The number of rotatable bonds is 4. The zero-order valence-electron chi connectivity index (χ0n) is 11.9. The Morgan fingerprint density at radius 2 is 2.00 bits per heavy atom. The van der Waals surface area contributed by atoms with Crippen LogP contribution in [0.5, 0.6) is 0 Å². The van der Waals surface area contributed by atoms with Crippen molar-refractivity contribution in [2.24, 2.45) is 0 Å². The van der Waals surface area contributed by atoms with E-state index in [0.29, 0.717) is 18.0 Å². The molecule has 1 aromatic rings. The molecule has 0 radical (unpaired) electrons. The van der Waals surface area contributed by atoms with Gasteiger partial charge in [-0.2, -0.15) is 4.72 Å². The third-order valence-corrected chi connectivity index (χ3v) is 5.05. The molecular weight excluding hydrogens is 331 g/mol. The van der Waals surface area contributed by atoms with Crippen LogP contribution in [0.25, 0.3) is 0 Å². The summed E-state index contributed by atoms with van der Waals surface area (Å²) in [6.45, 7) is 1.69. The second-order valence-electron chi connectivity index (χ2n) is 5.00. The largest absolute Gasteiger partial charge is 0.334 e. The molecule has 0 saturated heterocycles. The zero-order chi connectivity index (χ0) is 16.3. The Bertz CT molecular complexity index is 689. The molecule has 1 aliphatic rings. The number of amides is 1. The Kier molecular flexibility index (Phi) is 5.20. The molecule has 1 N–H and O–H groups in total. The van der Waals surface area contributed by atoms with Gasteiger partial charge in [-0.05, 0) is 43.7 Å². The van der Waals surface area contributed by atoms with Gasteiger partial charge in [0.05, 0.1) is 17.5 Å². The third-order valence-electron chi connectivity index (χ3n) is 3.24. The standard InChI is InChI=1S/C14H16ClFN2O3S/c1-10(14(19)18-8-2-3-12(16)9-18)17-22(20,21)13-6-4-11(15)5-7-13/h3-7,10,17H,2,8-9H2,1H3/t10-/m0/s1. The van der Waals surface area contributed by atoms with Gasteiger partial charge in [0.1, 0.15) is 5.83 Å². The van der Waals surface area contributed by atoms with E-state index in [-0.39, 0.29) is 17.3 Å². The maximum absolute atomic E-state index is 13.2. The highest BCUT2D eigenvalue weighted by Crippen LogP contribution is 2.15. The molecule has 1 amide bonds. The topological polar surface area (TPSA) is 66.5 Å². The van der Waals surface area contributed by atoms with Crippen LogP contribution in [0.4, 0.5) is 4.39 Å². The van der Waals surface area contributed by atoms with Gasteiger partial charge in [-0.3, -0.25) is 4.79 Å². The van der Waals surface area contributed by atoms with Gasteiger partial charge >= 0.3 is 0 Å². The van der Waals surface area contributed by atoms with Crippen LogP contribution in [-0.2, 0) is 14.8 Å². The van der Waals surface area contributed by atoms with Gasteiger partial charge in [-0.15, -0.1) is 0 Å². The van der Waals surface area contributed by atoms with Gasteiger partial charge in [0.15, 0.2) is 0 Å². The first-order valence-electron chi connectivity index (χ1n) is 6.71. The lowest BCUT2D eigenvalue weighted by Gasteiger charge is -2.27. The van der Waals surface area contributed by atoms with Crippen molar-refractivity contribution in [3.05, 3.63) is 41.2 Å². The summed E-state index contributed by atoms with van der Waals surface area (Å²) in [5.41, 5.74) is 0. The van der Waals surface area contributed by atoms with Crippen LogP contribution >= 0.6 is 11.6 Å². The summed E-state index contributed by atoms with van der Waals surface area (Å²) in [6.07, 6.45) is 1.85. The molecule has 1 heterocycles. The minimum absolute atomic E-state index is 0.0151. The summed E-state index contributed by atoms with van der Waals surface area (Å²) in [6, 6.07) is 4.63. The number of carbonyl (C=O) groups is 1. The highest BCUT2D eigenvalue weighted by atomic mass is 35.5. The first-order chi connectivity index (χ1) is 10.3. The molecule has 120 valence electrons. The SMILES string of the molecule is C[C@H](NS(=O)(=O)c1ccc(Cl)cc1)C(=O)N1CCC=C(F)C1. The molecule has 5 nitrogen and oxygen atoms in total. The van der Waals surface area contributed by atoms with Crippen LogP contribution < -0.4 is 4.72 Å². The lowest BCUT2D eigenvalue weighted by atomic mass is 10.2. The van der Waals surface area contributed by atoms with Crippen molar-refractivity contribution in [1.29, 1.82) is 0 Å². The predicted molar refractivity (Wildman–Crippen MR) is 81.6 cm³/mol. The van der Waals surface area contributed by atoms with E-state index >= 15 is 0 Å². The second-order valence-corrected chi connectivity index (χ2v) is 7.15. The van der Waals surface area contributed by atoms with Crippen molar-refractivity contribution >= 4 is 27.5 Å². The smallest absolute Gasteiger partial charge is 0.241 e. The molecular formula is C14H16ClFN2O3S. The summed E-state index contributed by atoms with van der Waals surface area (Å²) < 4.78 is 39.9. The van der Waals surface area contributed by atoms with Crippen LogP contribution in [0.15, 0.2) is 41.1 Å². The summed E-state index contributed by atoms with van der Waals surface area (Å²) in [5.74, 6) is -0.840. The van der Waals surface area contributed by atoms with Crippen molar-refractivity contribution in [3.63, 3.8) is 0 Å². The van der Waals surface area contributed by atoms with E-state index in [1.54, 1.807) is 0 Å². The average molecular weight is 347 g/mol. The summed E-state index contributed by atoms with van der Waals surface area (Å²) in [7, 11) is -3.84. The fourth-order valence-corrected chi connectivity index (χ4v) is 3.45. The maximum Gasteiger partial charge on any atom is 0.241 e. The number of carbonyl (C=O) groups excluding carboxylic acids is 1. The Balaban J connectivity index is 2.07. The van der Waals surface area contributed by atoms with Crippen LogP contribution in [0.2, 0.25) is 5.02 Å². The van der Waals surface area contributed by atoms with Crippen LogP contribution in [0.3, 0.4) is 0 Å². The molecule has 0 fully saturated rings. The van der Waals surface area contributed by atoms with Gasteiger partial charge in [-0.25, -0.2) is 12.8 Å². The van der Waals surface area contributed by atoms with Gasteiger partial charge in [0, 0.05) is 11.6 Å². The number of sulfonamides is 1. The lowest BCUT2D eigenvalue weighted by molar-refractivity contribution is -0.132. The van der Waals surface area contributed by atoms with Crippen LogP contribution in [0, 0.1) is 0 Å². The van der Waals surface area contributed by atoms with Crippen molar-refractivity contribution in [3.8, 4) is 0 Å². The molecule has 0 aromatic heterocycles. The van der Waals surface area contributed by atoms with E-state index in [0.717, 1.165) is 0 Å². The van der Waals surface area contributed by atoms with E-state index in [9.17, 15) is 17.6 Å². The molecule has 1 aliphatic heterocycles. The number of halogens is 2. The van der Waals surface area contributed by atoms with Gasteiger partial charge in [-0.1, -0.05) is 11.6 Å². The monoisotopic (exact) mass is 346 g/mol. The number of hydrogen-bond acceptors (Lipinski definition) is 3. The molecule has 0 saturated carbocycles. The van der Waals surface area contributed by atoms with E-state index in [2.05, 4.69) is 4.72 Å². The molecule has 2 rings (SSSR count). The maximum atomic E-state index is 13.2. The molecule has 0 spiro atoms. The Hall–Kier alpha value is -1.44. The highest BCUT2D eigenvalue weighted by molar-refractivity contribution is 7.89. The van der Waals surface area contributed by atoms with Crippen molar-refractivity contribution in [2.45, 2.75) is 24.3 Å². The molecule has 22 heavy (non-hydrogen) atoms. The number of benzene rings is 1. The van der Waals surface area contributed by atoms with Crippen molar-refractivity contribution in [1.82, 2.24) is 9.62 Å². The molecule has 8 heteroatoms. The first kappa shape index (κ1) is 16.9. The van der Waals surface area contributed by atoms with Crippen molar-refractivity contribution < 1.29 is 17.6 Å². The van der Waals surface area contributed by atoms with Gasteiger partial charge in [0.25, 0.3) is 0 Å². The predicted octanol–water partition coefficient (Wildman–Crippen LogP) is 2.09. The summed E-state index contributed by atoms with van der Waals surface area (Å²) >= 11 is 5.72. The fourth-order valence-electron chi connectivity index (χ4n) is 2.13. The number of nitrogens with zero attached hydrogens (tertiary/aromatic N) is 1. The molecule has 1 aromatic carbocycles. The Labute approximate surface area is 133 Å². The number of nitrogens with one attached hydrogen (secondary N) is 1. The Morgan fingerprint density at radius 1 is 1.36 bits per heavy atom. The van der Waals surface area contributed by atoms with E-state index in [4.69, 9.17) is 11.6 Å². The average Bonchev–Trinajstić information content (AvgIpc) is 2.46. The summed E-state index contributed by atoms with van der Waals surface area (Å²) in [5, 5.41) is 0.415. The van der Waals surface area contributed by atoms with Crippen LogP contribution in [0.1, 0.15) is 13.3 Å². The van der Waals surface area contributed by atoms with E-state index in [1.807, 2.05) is 0 Å². The second kappa shape index (κ2) is 6.76. The molecule has 1 atom stereocenters. The molecule has 0 bridgehead atoms. The first-order valence-corrected chi connectivity index (χ1v) is 8.57. The Morgan fingerprint density at radius 3 is 2.59 bits per heavy atom. The quantitative estimate of drug-likeness (QED) is 0.907. The van der Waals surface area contributed by atoms with E-state index < -0.39 is 22.0 Å². The number of hydrogen-bond donors (Lipinski definition) is 1. The molecule has 0 unspecified atom stereocenters. The summed E-state index contributed by atoms with van der Waals surface area (Å²) in [4.78, 5) is 13.5. The van der Waals surface area contributed by atoms with Gasteiger partial charge in [0.2, 0.25) is 15.9 Å². The normalized spacial score (nSPS) is 17.0. The lowest BCUT2D eigenvalue weighted by Crippen LogP contribution is -2.48. The highest BCUT2D eigenvalue weighted by Gasteiger charge is 2.27. The molecule has 0 aliphatic carbocycles. The van der Waals surface area contributed by atoms with Crippen molar-refractivity contribution in [2.75, 3.05) is 13.1 Å². The van der Waals surface area contributed by atoms with Crippen LogP contribution in [-0.4, -0.2) is 38.4 Å². The zero-order valence-corrected chi connectivity index (χ0v) is 13.5. The third kappa shape index (κ3) is 4.06. The minimum atomic E-state index is -3.84.